The van der Waals surface area contributed by atoms with Crippen molar-refractivity contribution < 1.29 is 4.74 Å². The average Bonchev–Trinajstić information content (AvgIpc) is 2.49. The highest BCUT2D eigenvalue weighted by atomic mass is 79.9. The first-order valence-corrected chi connectivity index (χ1v) is 7.69. The monoisotopic (exact) mass is 365 g/mol. The van der Waals surface area contributed by atoms with Gasteiger partial charge in [0.1, 0.15) is 17.4 Å². The van der Waals surface area contributed by atoms with Crippen LogP contribution in [0.4, 0.5) is 0 Å². The Morgan fingerprint density at radius 1 is 1.29 bits per heavy atom. The lowest BCUT2D eigenvalue weighted by molar-refractivity contribution is 0.448. The fraction of sp³-hybridized carbons (Fsp3) is 0.267. The topological polar surface area (TPSA) is 58.8 Å². The van der Waals surface area contributed by atoms with Crippen molar-refractivity contribution in [1.82, 2.24) is 10.2 Å². The fourth-order valence-corrected chi connectivity index (χ4v) is 2.77. The highest BCUT2D eigenvalue weighted by molar-refractivity contribution is 9.10. The van der Waals surface area contributed by atoms with Gasteiger partial charge in [0.2, 0.25) is 0 Å². The standard InChI is InChI=1S/C15H13BrClN3O/c1-3-10-11(8-18)15(20-19-13(10)4-2)21-14-6-5-9(17)7-12(14)16/h5-7H,3-4H2,1-2H3. The predicted molar refractivity (Wildman–Crippen MR) is 84.7 cm³/mol. The minimum atomic E-state index is 0.217. The Balaban J connectivity index is 2.47. The highest BCUT2D eigenvalue weighted by Crippen LogP contribution is 2.33. The lowest BCUT2D eigenvalue weighted by Crippen LogP contribution is -2.05. The number of rotatable bonds is 4. The maximum atomic E-state index is 9.41. The normalized spacial score (nSPS) is 10.2. The van der Waals surface area contributed by atoms with Gasteiger partial charge in [-0.2, -0.15) is 10.4 Å². The Morgan fingerprint density at radius 2 is 2.05 bits per heavy atom. The van der Waals surface area contributed by atoms with Crippen LogP contribution in [0.3, 0.4) is 0 Å². The van der Waals surface area contributed by atoms with Gasteiger partial charge in [-0.3, -0.25) is 0 Å². The third kappa shape index (κ3) is 3.34. The van der Waals surface area contributed by atoms with E-state index in [0.717, 1.165) is 17.7 Å². The Bertz CT molecular complexity index is 713. The first kappa shape index (κ1) is 15.7. The Kier molecular flexibility index (Phi) is 5.16. The van der Waals surface area contributed by atoms with Crippen LogP contribution in [-0.4, -0.2) is 10.2 Å². The van der Waals surface area contributed by atoms with Crippen LogP contribution in [0.25, 0.3) is 0 Å². The summed E-state index contributed by atoms with van der Waals surface area (Å²) in [5.41, 5.74) is 2.15. The third-order valence-corrected chi connectivity index (χ3v) is 3.88. The van der Waals surface area contributed by atoms with Crippen molar-refractivity contribution in [3.63, 3.8) is 0 Å². The SMILES string of the molecule is CCc1nnc(Oc2ccc(Cl)cc2Br)c(C#N)c1CC. The molecule has 0 atom stereocenters. The molecule has 0 aliphatic heterocycles. The van der Waals surface area contributed by atoms with Crippen molar-refractivity contribution in [1.29, 1.82) is 5.26 Å². The van der Waals surface area contributed by atoms with Gasteiger partial charge < -0.3 is 4.74 Å². The number of nitriles is 1. The van der Waals surface area contributed by atoms with E-state index >= 15 is 0 Å². The largest absolute Gasteiger partial charge is 0.435 e. The van der Waals surface area contributed by atoms with Gasteiger partial charge in [0.15, 0.2) is 0 Å². The van der Waals surface area contributed by atoms with Gasteiger partial charge in [-0.25, -0.2) is 0 Å². The van der Waals surface area contributed by atoms with E-state index in [1.807, 2.05) is 13.8 Å². The summed E-state index contributed by atoms with van der Waals surface area (Å²) in [5, 5.41) is 18.2. The summed E-state index contributed by atoms with van der Waals surface area (Å²) in [6.07, 6.45) is 1.44. The Morgan fingerprint density at radius 3 is 2.62 bits per heavy atom. The van der Waals surface area contributed by atoms with E-state index < -0.39 is 0 Å². The molecule has 1 heterocycles. The van der Waals surface area contributed by atoms with Crippen LogP contribution in [0.5, 0.6) is 11.6 Å². The second kappa shape index (κ2) is 6.88. The summed E-state index contributed by atoms with van der Waals surface area (Å²) < 4.78 is 6.42. The number of halogens is 2. The molecule has 21 heavy (non-hydrogen) atoms. The molecule has 2 rings (SSSR count). The van der Waals surface area contributed by atoms with Gasteiger partial charge in [-0.1, -0.05) is 25.4 Å². The smallest absolute Gasteiger partial charge is 0.257 e. The van der Waals surface area contributed by atoms with Crippen molar-refractivity contribution in [3.05, 3.63) is 44.5 Å². The number of aromatic nitrogens is 2. The number of nitrogens with zero attached hydrogens (tertiary/aromatic N) is 3. The van der Waals surface area contributed by atoms with Crippen LogP contribution < -0.4 is 4.74 Å². The van der Waals surface area contributed by atoms with Crippen molar-refractivity contribution >= 4 is 27.5 Å². The van der Waals surface area contributed by atoms with Crippen LogP contribution in [-0.2, 0) is 12.8 Å². The number of hydrogen-bond acceptors (Lipinski definition) is 4. The molecule has 0 radical (unpaired) electrons. The molecular weight excluding hydrogens is 354 g/mol. The zero-order valence-electron chi connectivity index (χ0n) is 11.7. The van der Waals surface area contributed by atoms with Crippen molar-refractivity contribution in [2.24, 2.45) is 0 Å². The molecule has 1 aromatic carbocycles. The molecule has 0 unspecified atom stereocenters. The number of hydrogen-bond donors (Lipinski definition) is 0. The summed E-state index contributed by atoms with van der Waals surface area (Å²) in [5.74, 6) is 0.756. The van der Waals surface area contributed by atoms with E-state index in [4.69, 9.17) is 16.3 Å². The van der Waals surface area contributed by atoms with Gasteiger partial charge in [0.05, 0.1) is 10.2 Å². The lowest BCUT2D eigenvalue weighted by atomic mass is 10.0. The molecule has 1 aromatic heterocycles. The zero-order valence-corrected chi connectivity index (χ0v) is 14.0. The predicted octanol–water partition coefficient (Wildman–Crippen LogP) is 4.68. The molecular formula is C15H13BrClN3O. The minimum absolute atomic E-state index is 0.217. The van der Waals surface area contributed by atoms with E-state index in [1.165, 1.54) is 0 Å². The molecule has 0 N–H and O–H groups in total. The molecule has 0 aliphatic carbocycles. The van der Waals surface area contributed by atoms with Crippen LogP contribution in [0.15, 0.2) is 22.7 Å². The van der Waals surface area contributed by atoms with E-state index in [9.17, 15) is 5.26 Å². The van der Waals surface area contributed by atoms with Crippen molar-refractivity contribution in [2.75, 3.05) is 0 Å². The molecule has 0 aliphatic rings. The summed E-state index contributed by atoms with van der Waals surface area (Å²) in [7, 11) is 0. The highest BCUT2D eigenvalue weighted by Gasteiger charge is 2.17. The quantitative estimate of drug-likeness (QED) is 0.788. The molecule has 4 nitrogen and oxygen atoms in total. The summed E-state index contributed by atoms with van der Waals surface area (Å²) in [6, 6.07) is 7.32. The second-order valence-corrected chi connectivity index (χ2v) is 5.59. The molecule has 108 valence electrons. The molecule has 0 amide bonds. The number of aryl methyl sites for hydroxylation is 1. The van der Waals surface area contributed by atoms with E-state index in [2.05, 4.69) is 32.2 Å². The maximum Gasteiger partial charge on any atom is 0.257 e. The van der Waals surface area contributed by atoms with Gasteiger partial charge in [-0.05, 0) is 52.5 Å². The van der Waals surface area contributed by atoms with E-state index in [0.29, 0.717) is 27.2 Å². The second-order valence-electron chi connectivity index (χ2n) is 4.30. The molecule has 2 aromatic rings. The molecule has 0 spiro atoms. The number of ether oxygens (including phenoxy) is 1. The van der Waals surface area contributed by atoms with E-state index in [-0.39, 0.29) is 5.88 Å². The lowest BCUT2D eigenvalue weighted by Gasteiger charge is -2.12. The third-order valence-electron chi connectivity index (χ3n) is 3.03. The van der Waals surface area contributed by atoms with Crippen molar-refractivity contribution in [3.8, 4) is 17.7 Å². The van der Waals surface area contributed by atoms with E-state index in [1.54, 1.807) is 18.2 Å². The van der Waals surface area contributed by atoms with Crippen LogP contribution in [0, 0.1) is 11.3 Å². The maximum absolute atomic E-state index is 9.41. The Labute approximate surface area is 136 Å². The van der Waals surface area contributed by atoms with Crippen LogP contribution >= 0.6 is 27.5 Å². The molecule has 0 fully saturated rings. The molecule has 0 bridgehead atoms. The van der Waals surface area contributed by atoms with Crippen molar-refractivity contribution in [2.45, 2.75) is 26.7 Å². The zero-order chi connectivity index (χ0) is 15.4. The van der Waals surface area contributed by atoms with Crippen LogP contribution in [0.2, 0.25) is 5.02 Å². The van der Waals surface area contributed by atoms with Gasteiger partial charge in [0.25, 0.3) is 5.88 Å². The fourth-order valence-electron chi connectivity index (χ4n) is 2.00. The average molecular weight is 367 g/mol. The Hall–Kier alpha value is -1.64. The number of benzene rings is 1. The van der Waals surface area contributed by atoms with Gasteiger partial charge >= 0.3 is 0 Å². The summed E-state index contributed by atoms with van der Waals surface area (Å²) in [6.45, 7) is 3.97. The van der Waals surface area contributed by atoms with Gasteiger partial charge in [0, 0.05) is 5.02 Å². The summed E-state index contributed by atoms with van der Waals surface area (Å²) >= 11 is 9.27. The van der Waals surface area contributed by atoms with Gasteiger partial charge in [-0.15, -0.1) is 5.10 Å². The summed E-state index contributed by atoms with van der Waals surface area (Å²) in [4.78, 5) is 0. The van der Waals surface area contributed by atoms with Crippen LogP contribution in [0.1, 0.15) is 30.7 Å². The molecule has 0 saturated heterocycles. The molecule has 6 heteroatoms. The first-order chi connectivity index (χ1) is 10.1. The molecule has 0 saturated carbocycles. The first-order valence-electron chi connectivity index (χ1n) is 6.52. The minimum Gasteiger partial charge on any atom is -0.435 e.